The average Bonchev–Trinajstić information content (AvgIpc) is 3.09. The smallest absolute Gasteiger partial charge is 0.165 e. The first-order valence-corrected chi connectivity index (χ1v) is 10.0. The van der Waals surface area contributed by atoms with Gasteiger partial charge in [0.25, 0.3) is 0 Å². The molecule has 0 saturated carbocycles. The second-order valence-corrected chi connectivity index (χ2v) is 7.44. The number of hydrogen-bond donors (Lipinski definition) is 3. The number of nitrogens with one attached hydrogen (secondary N) is 2. The van der Waals surface area contributed by atoms with E-state index in [1.54, 1.807) is 12.4 Å². The van der Waals surface area contributed by atoms with Gasteiger partial charge in [0.15, 0.2) is 17.0 Å². The van der Waals surface area contributed by atoms with E-state index in [0.717, 1.165) is 25.9 Å². The van der Waals surface area contributed by atoms with Gasteiger partial charge in [0.2, 0.25) is 0 Å². The Morgan fingerprint density at radius 3 is 2.78 bits per heavy atom. The first-order chi connectivity index (χ1) is 13.1. The van der Waals surface area contributed by atoms with Gasteiger partial charge in [-0.05, 0) is 43.6 Å². The Hall–Kier alpha value is -2.59. The molecule has 1 fully saturated rings. The van der Waals surface area contributed by atoms with Gasteiger partial charge in [-0.1, -0.05) is 6.07 Å². The zero-order chi connectivity index (χ0) is 18.8. The van der Waals surface area contributed by atoms with E-state index in [0.29, 0.717) is 28.6 Å². The summed E-state index contributed by atoms with van der Waals surface area (Å²) in [5, 5.41) is 6.28. The van der Waals surface area contributed by atoms with Crippen molar-refractivity contribution in [2.75, 3.05) is 18.4 Å². The van der Waals surface area contributed by atoms with Gasteiger partial charge in [-0.3, -0.25) is 0 Å². The Morgan fingerprint density at radius 1 is 1.22 bits per heavy atom. The first kappa shape index (κ1) is 17.8. The number of benzene rings is 1. The van der Waals surface area contributed by atoms with Crippen LogP contribution in [0.3, 0.4) is 0 Å². The van der Waals surface area contributed by atoms with Gasteiger partial charge in [0.1, 0.15) is 22.8 Å². The number of thiol groups is 1. The second kappa shape index (κ2) is 7.57. The molecule has 10 heteroatoms. The number of hydrogen-bond acceptors (Lipinski definition) is 7. The molecule has 3 aromatic rings. The van der Waals surface area contributed by atoms with Crippen molar-refractivity contribution in [2.24, 2.45) is 0 Å². The third kappa shape index (κ3) is 3.76. The maximum Gasteiger partial charge on any atom is 0.165 e. The summed E-state index contributed by atoms with van der Waals surface area (Å²) in [6.07, 6.45) is 5.18. The largest absolute Gasteiger partial charge is 0.336 e. The minimum Gasteiger partial charge on any atom is -0.336 e. The summed E-state index contributed by atoms with van der Waals surface area (Å²) in [6, 6.07) is 4.60. The number of fused-ring (bicyclic) bond motifs is 1. The van der Waals surface area contributed by atoms with E-state index in [4.69, 9.17) is 0 Å². The molecule has 0 aliphatic carbocycles. The number of aromatic nitrogens is 4. The van der Waals surface area contributed by atoms with Crippen molar-refractivity contribution in [1.82, 2.24) is 24.8 Å². The lowest BCUT2D eigenvalue weighted by atomic mass is 10.1. The van der Waals surface area contributed by atoms with Crippen LogP contribution in [0.1, 0.15) is 24.4 Å². The zero-order valence-electron chi connectivity index (χ0n) is 14.4. The van der Waals surface area contributed by atoms with Gasteiger partial charge in [-0.25, -0.2) is 27.8 Å². The molecular formula is C17H19FN6O2S. The van der Waals surface area contributed by atoms with Crippen LogP contribution in [-0.2, 0) is 16.5 Å². The number of rotatable bonds is 5. The van der Waals surface area contributed by atoms with E-state index in [1.165, 1.54) is 18.5 Å². The van der Waals surface area contributed by atoms with Crippen LogP contribution in [0.15, 0.2) is 30.9 Å². The molecule has 1 aliphatic rings. The van der Waals surface area contributed by atoms with Crippen LogP contribution in [0, 0.1) is 5.82 Å². The van der Waals surface area contributed by atoms with Gasteiger partial charge in [-0.2, -0.15) is 0 Å². The van der Waals surface area contributed by atoms with Gasteiger partial charge in [0, 0.05) is 6.04 Å². The lowest BCUT2D eigenvalue weighted by Crippen LogP contribution is -2.29. The van der Waals surface area contributed by atoms with E-state index in [-0.39, 0.29) is 11.4 Å². The lowest BCUT2D eigenvalue weighted by Gasteiger charge is -2.23. The molecule has 3 heterocycles. The molecule has 0 atom stereocenters. The monoisotopic (exact) mass is 390 g/mol. The molecule has 1 aliphatic heterocycles. The normalized spacial score (nSPS) is 15.5. The Labute approximate surface area is 156 Å². The summed E-state index contributed by atoms with van der Waals surface area (Å²) < 4.78 is 38.0. The Morgan fingerprint density at radius 2 is 2.04 bits per heavy atom. The zero-order valence-corrected chi connectivity index (χ0v) is 15.3. The molecule has 27 heavy (non-hydrogen) atoms. The van der Waals surface area contributed by atoms with Crippen molar-refractivity contribution >= 4 is 33.4 Å². The molecule has 0 bridgehead atoms. The molecule has 2 N–H and O–H groups in total. The third-order valence-corrected chi connectivity index (χ3v) is 5.28. The summed E-state index contributed by atoms with van der Waals surface area (Å²) >= 11 is 0. The Bertz CT molecular complexity index is 1040. The fourth-order valence-electron chi connectivity index (χ4n) is 3.33. The standard InChI is InChI=1S/C17H19FN6O2S/c18-13-7-11(8-27(25)26)1-2-14(13)23-16-15-17(21-9-20-16)24(10-22-15)12-3-5-19-6-4-12/h1-2,7,9-10,12,19,27H,3-6,8H2,(H,20,21,23). The van der Waals surface area contributed by atoms with E-state index < -0.39 is 16.5 Å². The van der Waals surface area contributed by atoms with Gasteiger partial charge in [0.05, 0.1) is 17.8 Å². The molecule has 1 saturated heterocycles. The molecule has 0 unspecified atom stereocenters. The molecule has 0 spiro atoms. The predicted octanol–water partition coefficient (Wildman–Crippen LogP) is 1.74. The van der Waals surface area contributed by atoms with Crippen LogP contribution in [0.2, 0.25) is 0 Å². The number of anilines is 2. The highest BCUT2D eigenvalue weighted by Gasteiger charge is 2.19. The van der Waals surface area contributed by atoms with Crippen LogP contribution in [0.5, 0.6) is 0 Å². The molecule has 142 valence electrons. The van der Waals surface area contributed by atoms with Crippen LogP contribution in [0.4, 0.5) is 15.9 Å². The highest BCUT2D eigenvalue weighted by molar-refractivity contribution is 7.71. The van der Waals surface area contributed by atoms with Crippen molar-refractivity contribution in [3.8, 4) is 0 Å². The fraction of sp³-hybridized carbons (Fsp3) is 0.353. The minimum atomic E-state index is -2.60. The summed E-state index contributed by atoms with van der Waals surface area (Å²) in [4.78, 5) is 13.0. The topological polar surface area (TPSA) is 102 Å². The van der Waals surface area contributed by atoms with Crippen molar-refractivity contribution in [3.63, 3.8) is 0 Å². The van der Waals surface area contributed by atoms with Crippen molar-refractivity contribution in [3.05, 3.63) is 42.2 Å². The number of halogens is 1. The minimum absolute atomic E-state index is 0.190. The Kier molecular flexibility index (Phi) is 4.99. The number of imidazole rings is 1. The van der Waals surface area contributed by atoms with Gasteiger partial charge >= 0.3 is 0 Å². The van der Waals surface area contributed by atoms with Crippen LogP contribution in [0.25, 0.3) is 11.2 Å². The van der Waals surface area contributed by atoms with Gasteiger partial charge in [-0.15, -0.1) is 0 Å². The van der Waals surface area contributed by atoms with E-state index in [1.807, 2.05) is 4.57 Å². The molecule has 0 radical (unpaired) electrons. The fourth-order valence-corrected chi connectivity index (χ4v) is 3.83. The summed E-state index contributed by atoms with van der Waals surface area (Å²) in [6.45, 7) is 1.90. The van der Waals surface area contributed by atoms with Gasteiger partial charge < -0.3 is 15.2 Å². The SMILES string of the molecule is O=[SH](=O)Cc1ccc(Nc2ncnc3c2ncn3C2CCNCC2)c(F)c1. The van der Waals surface area contributed by atoms with Crippen LogP contribution >= 0.6 is 0 Å². The maximum absolute atomic E-state index is 14.3. The number of piperidine rings is 1. The average molecular weight is 390 g/mol. The molecule has 8 nitrogen and oxygen atoms in total. The van der Waals surface area contributed by atoms with Crippen LogP contribution < -0.4 is 10.6 Å². The lowest BCUT2D eigenvalue weighted by molar-refractivity contribution is 0.373. The van der Waals surface area contributed by atoms with Crippen molar-refractivity contribution in [2.45, 2.75) is 24.6 Å². The van der Waals surface area contributed by atoms with E-state index in [2.05, 4.69) is 25.6 Å². The highest BCUT2D eigenvalue weighted by Crippen LogP contribution is 2.28. The molecular weight excluding hydrogens is 371 g/mol. The summed E-state index contributed by atoms with van der Waals surface area (Å²) in [7, 11) is -2.60. The highest BCUT2D eigenvalue weighted by atomic mass is 32.2. The third-order valence-electron chi connectivity index (χ3n) is 4.66. The quantitative estimate of drug-likeness (QED) is 0.571. The predicted molar refractivity (Wildman–Crippen MR) is 100 cm³/mol. The summed E-state index contributed by atoms with van der Waals surface area (Å²) in [5.74, 6) is -0.326. The Balaban J connectivity index is 1.63. The second-order valence-electron chi connectivity index (χ2n) is 6.46. The molecule has 1 aromatic carbocycles. The molecule has 2 aromatic heterocycles. The molecule has 4 rings (SSSR count). The number of nitrogens with zero attached hydrogens (tertiary/aromatic N) is 4. The maximum atomic E-state index is 14.3. The van der Waals surface area contributed by atoms with Crippen molar-refractivity contribution < 1.29 is 12.8 Å². The summed E-state index contributed by atoms with van der Waals surface area (Å²) in [5.41, 5.74) is 1.88. The van der Waals surface area contributed by atoms with E-state index >= 15 is 0 Å². The molecule has 0 amide bonds. The van der Waals surface area contributed by atoms with Crippen molar-refractivity contribution in [1.29, 1.82) is 0 Å². The van der Waals surface area contributed by atoms with Crippen LogP contribution in [-0.4, -0.2) is 41.0 Å². The van der Waals surface area contributed by atoms with E-state index in [9.17, 15) is 12.8 Å². The first-order valence-electron chi connectivity index (χ1n) is 8.67.